The van der Waals surface area contributed by atoms with E-state index in [0.717, 1.165) is 19.1 Å². The Kier molecular flexibility index (Phi) is 7.19. The zero-order chi connectivity index (χ0) is 21.7. The molecule has 2 aromatic heterocycles. The molecule has 1 saturated carbocycles. The lowest BCUT2D eigenvalue weighted by molar-refractivity contribution is 0.126. The van der Waals surface area contributed by atoms with Gasteiger partial charge in [0.05, 0.1) is 22.3 Å². The van der Waals surface area contributed by atoms with E-state index in [0.29, 0.717) is 42.3 Å². The second-order valence-corrected chi connectivity index (χ2v) is 9.66. The number of rotatable bonds is 8. The van der Waals surface area contributed by atoms with Crippen LogP contribution in [0.5, 0.6) is 0 Å². The number of aromatic nitrogens is 3. The molecule has 0 spiro atoms. The van der Waals surface area contributed by atoms with E-state index in [-0.39, 0.29) is 23.6 Å². The standard InChI is InChI=1S/C20H28FN5O3S/c1-3-13(21)10-23-20-24-12-17(18-9-8-16(11-22-18)30(2,28)29)19(26-20)25-14-4-6-15(27)7-5-14/h8-9,11-15,27H,3-7,10H2,1-2H3,(H2,23,24,25,26)/t13-,14-,15-/m0/s1. The quantitative estimate of drug-likeness (QED) is 0.577. The first-order valence-corrected chi connectivity index (χ1v) is 12.0. The molecule has 30 heavy (non-hydrogen) atoms. The Bertz CT molecular complexity index is 947. The number of alkyl halides is 1. The van der Waals surface area contributed by atoms with Gasteiger partial charge in [0.2, 0.25) is 5.95 Å². The Labute approximate surface area is 176 Å². The van der Waals surface area contributed by atoms with E-state index in [4.69, 9.17) is 0 Å². The van der Waals surface area contributed by atoms with Crippen LogP contribution in [0.2, 0.25) is 0 Å². The number of nitrogens with one attached hydrogen (secondary N) is 2. The molecular weight excluding hydrogens is 409 g/mol. The minimum absolute atomic E-state index is 0.117. The number of hydrogen-bond donors (Lipinski definition) is 3. The fourth-order valence-electron chi connectivity index (χ4n) is 3.28. The zero-order valence-corrected chi connectivity index (χ0v) is 18.0. The molecule has 164 valence electrons. The van der Waals surface area contributed by atoms with Gasteiger partial charge in [-0.1, -0.05) is 6.92 Å². The van der Waals surface area contributed by atoms with Crippen LogP contribution in [-0.2, 0) is 9.84 Å². The zero-order valence-electron chi connectivity index (χ0n) is 17.2. The van der Waals surface area contributed by atoms with Crippen molar-refractivity contribution in [1.29, 1.82) is 0 Å². The molecule has 3 N–H and O–H groups in total. The molecule has 0 saturated heterocycles. The summed E-state index contributed by atoms with van der Waals surface area (Å²) in [5, 5.41) is 16.1. The van der Waals surface area contributed by atoms with Crippen molar-refractivity contribution in [3.8, 4) is 11.3 Å². The van der Waals surface area contributed by atoms with E-state index >= 15 is 0 Å². The molecule has 1 aliphatic carbocycles. The van der Waals surface area contributed by atoms with Crippen LogP contribution >= 0.6 is 0 Å². The number of aliphatic hydroxyl groups is 1. The SMILES string of the molecule is CC[C@H](F)CNc1ncc(-c2ccc(S(C)(=O)=O)cn2)c(N[C@H]2CC[C@H](O)CC2)n1. The molecule has 1 fully saturated rings. The van der Waals surface area contributed by atoms with Gasteiger partial charge in [0.15, 0.2) is 9.84 Å². The maximum absolute atomic E-state index is 13.6. The van der Waals surface area contributed by atoms with Crippen LogP contribution in [0.4, 0.5) is 16.2 Å². The van der Waals surface area contributed by atoms with Crippen LogP contribution in [0.3, 0.4) is 0 Å². The molecule has 2 heterocycles. The van der Waals surface area contributed by atoms with Crippen LogP contribution in [0.1, 0.15) is 39.0 Å². The van der Waals surface area contributed by atoms with Gasteiger partial charge < -0.3 is 15.7 Å². The summed E-state index contributed by atoms with van der Waals surface area (Å²) in [5.41, 5.74) is 1.16. The maximum atomic E-state index is 13.6. The molecule has 0 unspecified atom stereocenters. The number of halogens is 1. The highest BCUT2D eigenvalue weighted by Gasteiger charge is 2.22. The molecule has 0 bridgehead atoms. The molecular formula is C20H28FN5O3S. The number of aliphatic hydroxyl groups excluding tert-OH is 1. The first-order chi connectivity index (χ1) is 14.3. The minimum atomic E-state index is -3.34. The Morgan fingerprint density at radius 1 is 1.20 bits per heavy atom. The van der Waals surface area contributed by atoms with Crippen LogP contribution in [0, 0.1) is 0 Å². The van der Waals surface area contributed by atoms with Gasteiger partial charge in [-0.15, -0.1) is 0 Å². The van der Waals surface area contributed by atoms with Crippen LogP contribution < -0.4 is 10.6 Å². The van der Waals surface area contributed by atoms with Crippen LogP contribution in [0.25, 0.3) is 11.3 Å². The van der Waals surface area contributed by atoms with Crippen LogP contribution in [0.15, 0.2) is 29.4 Å². The predicted octanol–water partition coefficient (Wildman–Crippen LogP) is 2.82. The Balaban J connectivity index is 1.88. The van der Waals surface area contributed by atoms with Gasteiger partial charge in [0.1, 0.15) is 12.0 Å². The topological polar surface area (TPSA) is 117 Å². The van der Waals surface area contributed by atoms with Gasteiger partial charge in [0, 0.05) is 31.2 Å². The Morgan fingerprint density at radius 2 is 1.93 bits per heavy atom. The van der Waals surface area contributed by atoms with Gasteiger partial charge in [-0.2, -0.15) is 4.98 Å². The lowest BCUT2D eigenvalue weighted by atomic mass is 9.93. The molecule has 2 aromatic rings. The summed E-state index contributed by atoms with van der Waals surface area (Å²) in [6.07, 6.45) is 6.20. The first-order valence-electron chi connectivity index (χ1n) is 10.1. The van der Waals surface area contributed by atoms with E-state index in [9.17, 15) is 17.9 Å². The van der Waals surface area contributed by atoms with E-state index in [1.165, 1.54) is 12.3 Å². The largest absolute Gasteiger partial charge is 0.393 e. The highest BCUT2D eigenvalue weighted by Crippen LogP contribution is 2.29. The fraction of sp³-hybridized carbons (Fsp3) is 0.550. The molecule has 0 radical (unpaired) electrons. The smallest absolute Gasteiger partial charge is 0.224 e. The van der Waals surface area contributed by atoms with Gasteiger partial charge in [-0.25, -0.2) is 17.8 Å². The van der Waals surface area contributed by atoms with Gasteiger partial charge in [0.25, 0.3) is 0 Å². The van der Waals surface area contributed by atoms with Crippen molar-refractivity contribution < 1.29 is 17.9 Å². The predicted molar refractivity (Wildman–Crippen MR) is 114 cm³/mol. The van der Waals surface area contributed by atoms with Gasteiger partial charge in [-0.05, 0) is 44.2 Å². The third-order valence-corrected chi connectivity index (χ3v) is 6.29. The average Bonchev–Trinajstić information content (AvgIpc) is 2.73. The molecule has 3 rings (SSSR count). The average molecular weight is 438 g/mol. The van der Waals surface area contributed by atoms with Crippen molar-refractivity contribution in [2.75, 3.05) is 23.4 Å². The summed E-state index contributed by atoms with van der Waals surface area (Å²) in [6, 6.07) is 3.25. The lowest BCUT2D eigenvalue weighted by Crippen LogP contribution is -2.29. The van der Waals surface area contributed by atoms with E-state index in [1.54, 1.807) is 19.2 Å². The van der Waals surface area contributed by atoms with E-state index in [2.05, 4.69) is 25.6 Å². The van der Waals surface area contributed by atoms with E-state index < -0.39 is 16.0 Å². The summed E-state index contributed by atoms with van der Waals surface area (Å²) < 4.78 is 37.0. The molecule has 1 atom stereocenters. The molecule has 1 aliphatic rings. The molecule has 0 aromatic carbocycles. The summed E-state index contributed by atoms with van der Waals surface area (Å²) in [7, 11) is -3.34. The number of pyridine rings is 1. The van der Waals surface area contributed by atoms with Crippen molar-refractivity contribution in [3.63, 3.8) is 0 Å². The summed E-state index contributed by atoms with van der Waals surface area (Å²) in [5.74, 6) is 0.848. The van der Waals surface area contributed by atoms with Crippen molar-refractivity contribution >= 4 is 21.6 Å². The minimum Gasteiger partial charge on any atom is -0.393 e. The van der Waals surface area contributed by atoms with Gasteiger partial charge >= 0.3 is 0 Å². The monoisotopic (exact) mass is 437 g/mol. The molecule has 0 amide bonds. The number of anilines is 2. The van der Waals surface area contributed by atoms with Gasteiger partial charge in [-0.3, -0.25) is 4.98 Å². The third kappa shape index (κ3) is 5.85. The third-order valence-electron chi connectivity index (χ3n) is 5.19. The van der Waals surface area contributed by atoms with Crippen molar-refractivity contribution in [2.45, 2.75) is 62.2 Å². The summed E-state index contributed by atoms with van der Waals surface area (Å²) >= 11 is 0. The lowest BCUT2D eigenvalue weighted by Gasteiger charge is -2.27. The summed E-state index contributed by atoms with van der Waals surface area (Å²) in [4.78, 5) is 13.2. The fourth-order valence-corrected chi connectivity index (χ4v) is 3.84. The van der Waals surface area contributed by atoms with Crippen molar-refractivity contribution in [3.05, 3.63) is 24.5 Å². The second-order valence-electron chi connectivity index (χ2n) is 7.64. The van der Waals surface area contributed by atoms with Crippen LogP contribution in [-0.4, -0.2) is 59.6 Å². The number of hydrogen-bond acceptors (Lipinski definition) is 8. The summed E-state index contributed by atoms with van der Waals surface area (Å²) in [6.45, 7) is 1.89. The molecule has 8 nitrogen and oxygen atoms in total. The molecule has 0 aliphatic heterocycles. The maximum Gasteiger partial charge on any atom is 0.224 e. The normalized spacial score (nSPS) is 20.5. The first kappa shape index (κ1) is 22.4. The second kappa shape index (κ2) is 9.65. The van der Waals surface area contributed by atoms with Crippen molar-refractivity contribution in [1.82, 2.24) is 15.0 Å². The Hall–Kier alpha value is -2.33. The van der Waals surface area contributed by atoms with E-state index in [1.807, 2.05) is 0 Å². The number of sulfone groups is 1. The number of nitrogens with zero attached hydrogens (tertiary/aromatic N) is 3. The van der Waals surface area contributed by atoms with Crippen molar-refractivity contribution in [2.24, 2.45) is 0 Å². The highest BCUT2D eigenvalue weighted by atomic mass is 32.2. The highest BCUT2D eigenvalue weighted by molar-refractivity contribution is 7.90. The Morgan fingerprint density at radius 3 is 2.53 bits per heavy atom. The molecule has 10 heteroatoms.